The highest BCUT2D eigenvalue weighted by atomic mass is 16.6. The number of nitro groups is 1. The molecule has 0 aliphatic carbocycles. The number of aryl methyl sites for hydroxylation is 2. The van der Waals surface area contributed by atoms with Gasteiger partial charge in [0.05, 0.1) is 16.8 Å². The van der Waals surface area contributed by atoms with Crippen molar-refractivity contribution in [1.82, 2.24) is 14.8 Å². The van der Waals surface area contributed by atoms with E-state index in [1.807, 2.05) is 0 Å². The SMILES string of the molecule is Cc1ccc([N+](=O)[O-])c(Nc2cnn(C)c2)n1. The van der Waals surface area contributed by atoms with Gasteiger partial charge in [-0.3, -0.25) is 14.8 Å². The number of nitrogens with one attached hydrogen (secondary N) is 1. The Hall–Kier alpha value is -2.44. The molecule has 7 heteroatoms. The van der Waals surface area contributed by atoms with Gasteiger partial charge in [0.15, 0.2) is 0 Å². The molecule has 7 nitrogen and oxygen atoms in total. The molecule has 2 rings (SSSR count). The maximum absolute atomic E-state index is 10.8. The fourth-order valence-electron chi connectivity index (χ4n) is 1.41. The standard InChI is InChI=1S/C10H11N5O2/c1-7-3-4-9(15(16)17)10(12-7)13-8-5-11-14(2)6-8/h3-6H,1-2H3,(H,12,13). The average Bonchev–Trinajstić information content (AvgIpc) is 2.63. The minimum Gasteiger partial charge on any atom is -0.332 e. The highest BCUT2D eigenvalue weighted by Gasteiger charge is 2.15. The number of aromatic nitrogens is 3. The van der Waals surface area contributed by atoms with Crippen LogP contribution in [0.15, 0.2) is 24.5 Å². The number of pyridine rings is 1. The van der Waals surface area contributed by atoms with Crippen molar-refractivity contribution in [3.8, 4) is 0 Å². The smallest absolute Gasteiger partial charge is 0.311 e. The monoisotopic (exact) mass is 233 g/mol. The Morgan fingerprint density at radius 3 is 2.82 bits per heavy atom. The summed E-state index contributed by atoms with van der Waals surface area (Å²) in [5, 5.41) is 17.7. The predicted molar refractivity (Wildman–Crippen MR) is 62.1 cm³/mol. The van der Waals surface area contributed by atoms with Gasteiger partial charge in [-0.05, 0) is 13.0 Å². The Morgan fingerprint density at radius 2 is 2.24 bits per heavy atom. The van der Waals surface area contributed by atoms with Gasteiger partial charge in [-0.25, -0.2) is 4.98 Å². The molecule has 0 fully saturated rings. The average molecular weight is 233 g/mol. The van der Waals surface area contributed by atoms with E-state index in [1.54, 1.807) is 37.1 Å². The van der Waals surface area contributed by atoms with Crippen LogP contribution in [-0.2, 0) is 7.05 Å². The van der Waals surface area contributed by atoms with E-state index in [0.717, 1.165) is 0 Å². The summed E-state index contributed by atoms with van der Waals surface area (Å²) in [4.78, 5) is 14.5. The van der Waals surface area contributed by atoms with Crippen molar-refractivity contribution in [3.05, 3.63) is 40.3 Å². The second-order valence-corrected chi connectivity index (χ2v) is 3.61. The van der Waals surface area contributed by atoms with Crippen molar-refractivity contribution in [2.75, 3.05) is 5.32 Å². The highest BCUT2D eigenvalue weighted by Crippen LogP contribution is 2.25. The van der Waals surface area contributed by atoms with E-state index >= 15 is 0 Å². The van der Waals surface area contributed by atoms with Crippen molar-refractivity contribution in [1.29, 1.82) is 0 Å². The molecule has 0 spiro atoms. The third-order valence-corrected chi connectivity index (χ3v) is 2.18. The zero-order valence-corrected chi connectivity index (χ0v) is 9.41. The normalized spacial score (nSPS) is 10.2. The Kier molecular flexibility index (Phi) is 2.73. The molecule has 17 heavy (non-hydrogen) atoms. The zero-order chi connectivity index (χ0) is 12.4. The summed E-state index contributed by atoms with van der Waals surface area (Å²) in [5.41, 5.74) is 1.31. The first-order valence-corrected chi connectivity index (χ1v) is 4.94. The Morgan fingerprint density at radius 1 is 1.47 bits per heavy atom. The highest BCUT2D eigenvalue weighted by molar-refractivity contribution is 5.64. The van der Waals surface area contributed by atoms with Gasteiger partial charge in [0.25, 0.3) is 0 Å². The number of anilines is 2. The molecule has 0 bridgehead atoms. The van der Waals surface area contributed by atoms with Gasteiger partial charge in [0.2, 0.25) is 5.82 Å². The van der Waals surface area contributed by atoms with Crippen LogP contribution in [0.4, 0.5) is 17.2 Å². The summed E-state index contributed by atoms with van der Waals surface area (Å²) in [7, 11) is 1.77. The molecule has 88 valence electrons. The van der Waals surface area contributed by atoms with Crippen molar-refractivity contribution in [2.45, 2.75) is 6.92 Å². The van der Waals surface area contributed by atoms with Crippen LogP contribution in [0.2, 0.25) is 0 Å². The van der Waals surface area contributed by atoms with Gasteiger partial charge in [0.1, 0.15) is 0 Å². The lowest BCUT2D eigenvalue weighted by Gasteiger charge is -2.04. The molecule has 0 saturated heterocycles. The van der Waals surface area contributed by atoms with E-state index in [0.29, 0.717) is 11.4 Å². The Balaban J connectivity index is 2.37. The van der Waals surface area contributed by atoms with Crippen molar-refractivity contribution < 1.29 is 4.92 Å². The fraction of sp³-hybridized carbons (Fsp3) is 0.200. The zero-order valence-electron chi connectivity index (χ0n) is 9.41. The van der Waals surface area contributed by atoms with Crippen LogP contribution in [0, 0.1) is 17.0 Å². The van der Waals surface area contributed by atoms with Gasteiger partial charge in [0, 0.05) is 25.0 Å². The van der Waals surface area contributed by atoms with Crippen molar-refractivity contribution in [3.63, 3.8) is 0 Å². The maximum atomic E-state index is 10.8. The van der Waals surface area contributed by atoms with Gasteiger partial charge >= 0.3 is 5.69 Å². The summed E-state index contributed by atoms with van der Waals surface area (Å²) in [6.07, 6.45) is 3.29. The molecule has 0 aliphatic heterocycles. The lowest BCUT2D eigenvalue weighted by atomic mass is 10.3. The molecule has 0 amide bonds. The molecule has 0 unspecified atom stereocenters. The van der Waals surface area contributed by atoms with E-state index in [4.69, 9.17) is 0 Å². The predicted octanol–water partition coefficient (Wildman–Crippen LogP) is 1.78. The van der Waals surface area contributed by atoms with Crippen LogP contribution in [-0.4, -0.2) is 19.7 Å². The van der Waals surface area contributed by atoms with Crippen LogP contribution >= 0.6 is 0 Å². The number of hydrogen-bond acceptors (Lipinski definition) is 5. The van der Waals surface area contributed by atoms with Gasteiger partial charge in [-0.1, -0.05) is 0 Å². The van der Waals surface area contributed by atoms with E-state index in [9.17, 15) is 10.1 Å². The van der Waals surface area contributed by atoms with E-state index in [2.05, 4.69) is 15.4 Å². The second-order valence-electron chi connectivity index (χ2n) is 3.61. The Bertz CT molecular complexity index is 564. The van der Waals surface area contributed by atoms with Gasteiger partial charge in [-0.15, -0.1) is 0 Å². The molecule has 0 radical (unpaired) electrons. The summed E-state index contributed by atoms with van der Waals surface area (Å²) >= 11 is 0. The molecular formula is C10H11N5O2. The first-order chi connectivity index (χ1) is 8.06. The third kappa shape index (κ3) is 2.39. The number of rotatable bonds is 3. The van der Waals surface area contributed by atoms with Crippen molar-refractivity contribution in [2.24, 2.45) is 7.05 Å². The maximum Gasteiger partial charge on any atom is 0.311 e. The van der Waals surface area contributed by atoms with E-state index in [-0.39, 0.29) is 11.5 Å². The summed E-state index contributed by atoms with van der Waals surface area (Å²) in [6, 6.07) is 3.04. The van der Waals surface area contributed by atoms with Crippen LogP contribution in [0.1, 0.15) is 5.69 Å². The van der Waals surface area contributed by atoms with Crippen LogP contribution in [0.25, 0.3) is 0 Å². The topological polar surface area (TPSA) is 85.9 Å². The van der Waals surface area contributed by atoms with Gasteiger partial charge in [-0.2, -0.15) is 5.10 Å². The lowest BCUT2D eigenvalue weighted by Crippen LogP contribution is -2.00. The molecule has 0 aliphatic rings. The van der Waals surface area contributed by atoms with E-state index in [1.165, 1.54) is 6.07 Å². The third-order valence-electron chi connectivity index (χ3n) is 2.18. The van der Waals surface area contributed by atoms with E-state index < -0.39 is 4.92 Å². The molecule has 0 saturated carbocycles. The molecule has 0 atom stereocenters. The molecule has 2 aromatic heterocycles. The lowest BCUT2D eigenvalue weighted by molar-refractivity contribution is -0.384. The molecular weight excluding hydrogens is 222 g/mol. The van der Waals surface area contributed by atoms with Crippen LogP contribution < -0.4 is 5.32 Å². The minimum absolute atomic E-state index is 0.0561. The summed E-state index contributed by atoms with van der Waals surface area (Å²) in [5.74, 6) is 0.225. The minimum atomic E-state index is -0.467. The van der Waals surface area contributed by atoms with Crippen LogP contribution in [0.3, 0.4) is 0 Å². The number of hydrogen-bond donors (Lipinski definition) is 1. The molecule has 2 aromatic rings. The largest absolute Gasteiger partial charge is 0.332 e. The second kappa shape index (κ2) is 4.20. The molecule has 1 N–H and O–H groups in total. The molecule has 2 heterocycles. The molecule has 0 aromatic carbocycles. The Labute approximate surface area is 97.2 Å². The first-order valence-electron chi connectivity index (χ1n) is 4.94. The quantitative estimate of drug-likeness (QED) is 0.645. The van der Waals surface area contributed by atoms with Gasteiger partial charge < -0.3 is 5.32 Å². The summed E-state index contributed by atoms with van der Waals surface area (Å²) in [6.45, 7) is 1.78. The van der Waals surface area contributed by atoms with Crippen LogP contribution in [0.5, 0.6) is 0 Å². The summed E-state index contributed by atoms with van der Waals surface area (Å²) < 4.78 is 1.60. The number of nitrogens with zero attached hydrogens (tertiary/aromatic N) is 4. The fourth-order valence-corrected chi connectivity index (χ4v) is 1.41. The first kappa shape index (κ1) is 11.1. The van der Waals surface area contributed by atoms with Crippen molar-refractivity contribution >= 4 is 17.2 Å².